The summed E-state index contributed by atoms with van der Waals surface area (Å²) in [6, 6.07) is 10.1. The van der Waals surface area contributed by atoms with Crippen LogP contribution >= 0.6 is 0 Å². The van der Waals surface area contributed by atoms with E-state index in [1.165, 1.54) is 0 Å². The molecule has 0 fully saturated rings. The van der Waals surface area contributed by atoms with Gasteiger partial charge in [0.1, 0.15) is 0 Å². The third kappa shape index (κ3) is 2.48. The molecular weight excluding hydrogens is 240 g/mol. The fourth-order valence-corrected chi connectivity index (χ4v) is 2.91. The molecule has 1 heterocycles. The van der Waals surface area contributed by atoms with Gasteiger partial charge in [0.05, 0.1) is 23.1 Å². The van der Waals surface area contributed by atoms with Crippen molar-refractivity contribution in [2.24, 2.45) is 0 Å². The van der Waals surface area contributed by atoms with Crippen molar-refractivity contribution in [3.8, 4) is 0 Å². The van der Waals surface area contributed by atoms with E-state index < -0.39 is 0 Å². The number of nitrogens with zero attached hydrogens (tertiary/aromatic N) is 2. The third-order valence-electron chi connectivity index (χ3n) is 3.60. The first-order valence-electron chi connectivity index (χ1n) is 6.51. The molecule has 0 aromatic heterocycles. The maximum absolute atomic E-state index is 11.2. The monoisotopic (exact) mass is 260 g/mol. The second kappa shape index (κ2) is 4.68. The van der Waals surface area contributed by atoms with Gasteiger partial charge in [-0.25, -0.2) is 0 Å². The number of hydrogen-bond acceptors (Lipinski definition) is 3. The number of benzene rings is 1. The maximum Gasteiger partial charge on any atom is 0.267 e. The van der Waals surface area contributed by atoms with E-state index in [0.29, 0.717) is 12.1 Å². The van der Waals surface area contributed by atoms with Gasteiger partial charge in [0, 0.05) is 5.54 Å². The lowest BCUT2D eigenvalue weighted by Gasteiger charge is -2.39. The minimum atomic E-state index is -0.239. The molecule has 1 aromatic rings. The summed E-state index contributed by atoms with van der Waals surface area (Å²) in [6.07, 6.45) is 0.472. The quantitative estimate of drug-likeness (QED) is 0.601. The van der Waals surface area contributed by atoms with Crippen molar-refractivity contribution in [3.05, 3.63) is 57.4 Å². The van der Waals surface area contributed by atoms with Gasteiger partial charge in [0.2, 0.25) is 0 Å². The number of rotatable bonds is 2. The van der Waals surface area contributed by atoms with Gasteiger partial charge in [-0.15, -0.1) is 0 Å². The summed E-state index contributed by atoms with van der Waals surface area (Å²) < 4.78 is 0. The average Bonchev–Trinajstić information content (AvgIpc) is 2.68. The van der Waals surface area contributed by atoms with Gasteiger partial charge in [-0.1, -0.05) is 30.3 Å². The first-order valence-corrected chi connectivity index (χ1v) is 6.51. The molecule has 1 atom stereocenters. The Hall–Kier alpha value is -1.84. The van der Waals surface area contributed by atoms with E-state index >= 15 is 0 Å². The fraction of sp³-hybridized carbons (Fsp3) is 0.467. The van der Waals surface area contributed by atoms with Crippen molar-refractivity contribution < 1.29 is 4.92 Å². The van der Waals surface area contributed by atoms with Gasteiger partial charge in [-0.3, -0.25) is 10.1 Å². The molecule has 4 nitrogen and oxygen atoms in total. The van der Waals surface area contributed by atoms with Crippen LogP contribution in [0.15, 0.2) is 41.7 Å². The first kappa shape index (κ1) is 13.6. The Labute approximate surface area is 113 Å². The largest absolute Gasteiger partial charge is 0.357 e. The topological polar surface area (TPSA) is 46.4 Å². The maximum atomic E-state index is 11.2. The molecule has 19 heavy (non-hydrogen) atoms. The Morgan fingerprint density at radius 3 is 2.32 bits per heavy atom. The van der Waals surface area contributed by atoms with Crippen LogP contribution in [0.4, 0.5) is 0 Å². The van der Waals surface area contributed by atoms with Gasteiger partial charge in [-0.05, 0) is 33.3 Å². The predicted octanol–water partition coefficient (Wildman–Crippen LogP) is 3.74. The molecule has 1 aliphatic rings. The van der Waals surface area contributed by atoms with Crippen molar-refractivity contribution in [3.63, 3.8) is 0 Å². The predicted molar refractivity (Wildman–Crippen MR) is 75.1 cm³/mol. The molecule has 0 aliphatic carbocycles. The summed E-state index contributed by atoms with van der Waals surface area (Å²) in [5.41, 5.74) is 2.12. The van der Waals surface area contributed by atoms with Gasteiger partial charge in [0.25, 0.3) is 5.70 Å². The van der Waals surface area contributed by atoms with Crippen LogP contribution in [0.1, 0.15) is 45.7 Å². The molecule has 4 heteroatoms. The number of hydrogen-bond donors (Lipinski definition) is 0. The Morgan fingerprint density at radius 2 is 1.84 bits per heavy atom. The lowest BCUT2D eigenvalue weighted by atomic mass is 9.98. The molecule has 0 amide bonds. The van der Waals surface area contributed by atoms with Crippen LogP contribution < -0.4 is 0 Å². The van der Waals surface area contributed by atoms with Gasteiger partial charge >= 0.3 is 0 Å². The second-order valence-electron chi connectivity index (χ2n) is 5.96. The Kier molecular flexibility index (Phi) is 3.35. The number of nitro groups is 1. The van der Waals surface area contributed by atoms with Crippen molar-refractivity contribution in [1.82, 2.24) is 4.90 Å². The summed E-state index contributed by atoms with van der Waals surface area (Å²) in [7, 11) is 0. The highest BCUT2D eigenvalue weighted by atomic mass is 16.6. The fourth-order valence-electron chi connectivity index (χ4n) is 2.91. The normalized spacial score (nSPS) is 20.0. The summed E-state index contributed by atoms with van der Waals surface area (Å²) in [5.74, 6) is 0. The van der Waals surface area contributed by atoms with E-state index in [1.54, 1.807) is 0 Å². The standard InChI is InChI=1S/C15H20N2O2/c1-11-13(17(18)19)10-14(16(11)15(2,3)4)12-8-6-5-7-9-12/h5-9,14H,10H2,1-4H3. The minimum absolute atomic E-state index is 0.0570. The zero-order valence-electron chi connectivity index (χ0n) is 11.9. The molecule has 0 spiro atoms. The molecule has 1 aromatic carbocycles. The van der Waals surface area contributed by atoms with Gasteiger partial charge in [0.15, 0.2) is 0 Å². The zero-order chi connectivity index (χ0) is 14.2. The number of allylic oxidation sites excluding steroid dienone is 1. The minimum Gasteiger partial charge on any atom is -0.357 e. The van der Waals surface area contributed by atoms with Gasteiger partial charge < -0.3 is 4.90 Å². The first-order chi connectivity index (χ1) is 8.82. The second-order valence-corrected chi connectivity index (χ2v) is 5.96. The molecular formula is C15H20N2O2. The van der Waals surface area contributed by atoms with Crippen molar-refractivity contribution in [1.29, 1.82) is 0 Å². The highest BCUT2D eigenvalue weighted by molar-refractivity contribution is 5.28. The summed E-state index contributed by atoms with van der Waals surface area (Å²) in [4.78, 5) is 13.1. The zero-order valence-corrected chi connectivity index (χ0v) is 11.9. The van der Waals surface area contributed by atoms with Gasteiger partial charge in [-0.2, -0.15) is 0 Å². The van der Waals surface area contributed by atoms with Crippen LogP contribution in [0.5, 0.6) is 0 Å². The summed E-state index contributed by atoms with van der Waals surface area (Å²) >= 11 is 0. The molecule has 0 N–H and O–H groups in total. The molecule has 1 aliphatic heterocycles. The molecule has 0 radical (unpaired) electrons. The van der Waals surface area contributed by atoms with Crippen LogP contribution in [-0.4, -0.2) is 15.4 Å². The van der Waals surface area contributed by atoms with Crippen molar-refractivity contribution in [2.45, 2.75) is 45.7 Å². The highest BCUT2D eigenvalue weighted by Crippen LogP contribution is 2.43. The molecule has 0 saturated carbocycles. The Morgan fingerprint density at radius 1 is 1.26 bits per heavy atom. The lowest BCUT2D eigenvalue weighted by Crippen LogP contribution is -2.40. The van der Waals surface area contributed by atoms with Crippen LogP contribution in [0.3, 0.4) is 0 Å². The van der Waals surface area contributed by atoms with Crippen molar-refractivity contribution >= 4 is 0 Å². The van der Waals surface area contributed by atoms with Crippen LogP contribution in [0.2, 0.25) is 0 Å². The highest BCUT2D eigenvalue weighted by Gasteiger charge is 2.41. The smallest absolute Gasteiger partial charge is 0.267 e. The Bertz CT molecular complexity index is 515. The van der Waals surface area contributed by atoms with E-state index in [0.717, 1.165) is 11.3 Å². The Balaban J connectivity index is 2.45. The lowest BCUT2D eigenvalue weighted by molar-refractivity contribution is -0.428. The summed E-state index contributed by atoms with van der Waals surface area (Å²) in [5, 5.41) is 11.2. The molecule has 0 bridgehead atoms. The third-order valence-corrected chi connectivity index (χ3v) is 3.60. The van der Waals surface area contributed by atoms with Crippen molar-refractivity contribution in [2.75, 3.05) is 0 Å². The summed E-state index contributed by atoms with van der Waals surface area (Å²) in [6.45, 7) is 8.13. The van der Waals surface area contributed by atoms with Crippen LogP contribution in [0, 0.1) is 10.1 Å². The SMILES string of the molecule is CC1=C([N+](=O)[O-])CC(c2ccccc2)N1C(C)(C)C. The average molecular weight is 260 g/mol. The van der Waals surface area contributed by atoms with Crippen LogP contribution in [-0.2, 0) is 0 Å². The van der Waals surface area contributed by atoms with E-state index in [9.17, 15) is 10.1 Å². The van der Waals surface area contributed by atoms with E-state index in [2.05, 4.69) is 25.7 Å². The van der Waals surface area contributed by atoms with E-state index in [1.807, 2.05) is 37.3 Å². The molecule has 1 unspecified atom stereocenters. The van der Waals surface area contributed by atoms with Crippen LogP contribution in [0.25, 0.3) is 0 Å². The molecule has 102 valence electrons. The molecule has 2 rings (SSSR count). The van der Waals surface area contributed by atoms with E-state index in [4.69, 9.17) is 0 Å². The van der Waals surface area contributed by atoms with E-state index in [-0.39, 0.29) is 16.5 Å². The molecule has 0 saturated heterocycles.